The largest absolute Gasteiger partial charge is 0.506 e. The van der Waals surface area contributed by atoms with Crippen molar-refractivity contribution in [2.75, 3.05) is 5.73 Å². The van der Waals surface area contributed by atoms with Crippen LogP contribution in [0.2, 0.25) is 0 Å². The molecule has 0 unspecified atom stereocenters. The number of hydrogen-bond acceptors (Lipinski definition) is 5. The standard InChI is InChI=1S/C21H20N2O2S/c1-2-17(24)10-9-15-7-3-5-14(11-15)6-4-8-16-12-18(25)20-19(13-16)26-21(22)23-20/h1,3,5,7,11-13,25H,4,6,8-10H2,(H2,22,23). The van der Waals surface area contributed by atoms with E-state index in [1.165, 1.54) is 16.9 Å². The van der Waals surface area contributed by atoms with Crippen LogP contribution in [-0.4, -0.2) is 15.9 Å². The number of rotatable bonds is 7. The lowest BCUT2D eigenvalue weighted by Crippen LogP contribution is -1.97. The molecule has 3 rings (SSSR count). The zero-order chi connectivity index (χ0) is 18.5. The van der Waals surface area contributed by atoms with Gasteiger partial charge in [-0.25, -0.2) is 4.98 Å². The van der Waals surface area contributed by atoms with Crippen LogP contribution in [-0.2, 0) is 24.1 Å². The zero-order valence-electron chi connectivity index (χ0n) is 14.4. The van der Waals surface area contributed by atoms with E-state index < -0.39 is 0 Å². The van der Waals surface area contributed by atoms with E-state index in [2.05, 4.69) is 23.0 Å². The number of benzene rings is 2. The van der Waals surface area contributed by atoms with Gasteiger partial charge in [0.25, 0.3) is 0 Å². The Morgan fingerprint density at radius 1 is 1.15 bits per heavy atom. The second-order valence-corrected chi connectivity index (χ2v) is 7.32. The minimum atomic E-state index is -0.158. The molecule has 2 aromatic carbocycles. The molecule has 0 aliphatic heterocycles. The second-order valence-electron chi connectivity index (χ2n) is 6.25. The predicted octanol–water partition coefficient (Wildman–Crippen LogP) is 3.89. The third-order valence-electron chi connectivity index (χ3n) is 4.28. The van der Waals surface area contributed by atoms with Crippen LogP contribution in [0.25, 0.3) is 10.2 Å². The number of aromatic hydroxyl groups is 1. The van der Waals surface area contributed by atoms with Crippen LogP contribution >= 0.6 is 11.3 Å². The molecule has 3 aromatic rings. The number of carbonyl (C=O) groups excluding carboxylic acids is 1. The van der Waals surface area contributed by atoms with Crippen molar-refractivity contribution in [2.45, 2.75) is 32.1 Å². The molecule has 3 N–H and O–H groups in total. The van der Waals surface area contributed by atoms with Crippen LogP contribution in [0, 0.1) is 12.3 Å². The molecule has 5 heteroatoms. The predicted molar refractivity (Wildman–Crippen MR) is 106 cm³/mol. The summed E-state index contributed by atoms with van der Waals surface area (Å²) in [5.41, 5.74) is 9.74. The summed E-state index contributed by atoms with van der Waals surface area (Å²) < 4.78 is 0.915. The number of terminal acetylenes is 1. The van der Waals surface area contributed by atoms with Gasteiger partial charge < -0.3 is 10.8 Å². The van der Waals surface area contributed by atoms with Crippen molar-refractivity contribution in [1.29, 1.82) is 0 Å². The van der Waals surface area contributed by atoms with Gasteiger partial charge in [0.1, 0.15) is 11.3 Å². The van der Waals surface area contributed by atoms with Gasteiger partial charge in [0, 0.05) is 6.42 Å². The van der Waals surface area contributed by atoms with E-state index >= 15 is 0 Å². The summed E-state index contributed by atoms with van der Waals surface area (Å²) in [6, 6.07) is 12.1. The molecule has 0 aliphatic rings. The highest BCUT2D eigenvalue weighted by Gasteiger charge is 2.08. The number of anilines is 1. The molecule has 26 heavy (non-hydrogen) atoms. The highest BCUT2D eigenvalue weighted by molar-refractivity contribution is 7.22. The van der Waals surface area contributed by atoms with Crippen molar-refractivity contribution in [2.24, 2.45) is 0 Å². The van der Waals surface area contributed by atoms with Crippen molar-refractivity contribution < 1.29 is 9.90 Å². The van der Waals surface area contributed by atoms with E-state index in [-0.39, 0.29) is 11.5 Å². The average Bonchev–Trinajstić information content (AvgIpc) is 3.01. The summed E-state index contributed by atoms with van der Waals surface area (Å²) in [4.78, 5) is 15.4. The Morgan fingerprint density at radius 2 is 1.88 bits per heavy atom. The maximum Gasteiger partial charge on any atom is 0.205 e. The van der Waals surface area contributed by atoms with E-state index in [9.17, 15) is 9.90 Å². The summed E-state index contributed by atoms with van der Waals surface area (Å²) in [5, 5.41) is 10.6. The molecule has 132 valence electrons. The van der Waals surface area contributed by atoms with Crippen LogP contribution in [0.5, 0.6) is 5.75 Å². The van der Waals surface area contributed by atoms with E-state index in [1.807, 2.05) is 18.2 Å². The van der Waals surface area contributed by atoms with Crippen molar-refractivity contribution >= 4 is 32.5 Å². The van der Waals surface area contributed by atoms with Gasteiger partial charge in [-0.05, 0) is 60.4 Å². The first kappa shape index (κ1) is 18.0. The van der Waals surface area contributed by atoms with Crippen LogP contribution in [0.1, 0.15) is 29.5 Å². The van der Waals surface area contributed by atoms with Crippen molar-refractivity contribution in [1.82, 2.24) is 4.98 Å². The van der Waals surface area contributed by atoms with Crippen molar-refractivity contribution in [3.63, 3.8) is 0 Å². The lowest BCUT2D eigenvalue weighted by atomic mass is 10.00. The van der Waals surface area contributed by atoms with Gasteiger partial charge >= 0.3 is 0 Å². The second kappa shape index (κ2) is 8.03. The fourth-order valence-corrected chi connectivity index (χ4v) is 3.82. The first-order valence-electron chi connectivity index (χ1n) is 8.50. The summed E-state index contributed by atoms with van der Waals surface area (Å²) in [5.74, 6) is 2.18. The lowest BCUT2D eigenvalue weighted by Gasteiger charge is -2.06. The van der Waals surface area contributed by atoms with Crippen LogP contribution in [0.15, 0.2) is 36.4 Å². The van der Waals surface area contributed by atoms with Crippen molar-refractivity contribution in [3.05, 3.63) is 53.1 Å². The van der Waals surface area contributed by atoms with E-state index in [0.29, 0.717) is 23.5 Å². The Morgan fingerprint density at radius 3 is 2.65 bits per heavy atom. The maximum absolute atomic E-state index is 11.3. The summed E-state index contributed by atoms with van der Waals surface area (Å²) in [7, 11) is 0. The topological polar surface area (TPSA) is 76.2 Å². The van der Waals surface area contributed by atoms with E-state index in [4.69, 9.17) is 12.2 Å². The number of Topliss-reactive ketones (excluding diaryl/α,β-unsaturated/α-hetero) is 1. The van der Waals surface area contributed by atoms with E-state index in [1.54, 1.807) is 6.07 Å². The minimum Gasteiger partial charge on any atom is -0.506 e. The Balaban J connectivity index is 1.59. The smallest absolute Gasteiger partial charge is 0.205 e. The lowest BCUT2D eigenvalue weighted by molar-refractivity contribution is -0.113. The van der Waals surface area contributed by atoms with Gasteiger partial charge in [-0.15, -0.1) is 6.42 Å². The first-order valence-corrected chi connectivity index (χ1v) is 9.32. The minimum absolute atomic E-state index is 0.158. The molecule has 0 spiro atoms. The molecule has 0 fully saturated rings. The number of nitrogens with zero attached hydrogens (tertiary/aromatic N) is 1. The number of hydrogen-bond donors (Lipinski definition) is 2. The Kier molecular flexibility index (Phi) is 5.55. The maximum atomic E-state index is 11.3. The number of aromatic nitrogens is 1. The number of aryl methyl sites for hydroxylation is 3. The molecular weight excluding hydrogens is 344 g/mol. The summed E-state index contributed by atoms with van der Waals surface area (Å²) in [6.07, 6.45) is 8.92. The fourth-order valence-electron chi connectivity index (χ4n) is 3.00. The van der Waals surface area contributed by atoms with Gasteiger partial charge in [-0.1, -0.05) is 35.6 Å². The number of thiazole rings is 1. The Bertz CT molecular complexity index is 985. The van der Waals surface area contributed by atoms with Gasteiger partial charge in [-0.3, -0.25) is 4.79 Å². The third-order valence-corrected chi connectivity index (χ3v) is 5.11. The first-order chi connectivity index (χ1) is 12.5. The Labute approximate surface area is 156 Å². The van der Waals surface area contributed by atoms with Crippen molar-refractivity contribution in [3.8, 4) is 18.1 Å². The Hall–Kier alpha value is -2.84. The number of ketones is 1. The summed E-state index contributed by atoms with van der Waals surface area (Å²) in [6.45, 7) is 0. The molecule has 1 heterocycles. The highest BCUT2D eigenvalue weighted by Crippen LogP contribution is 2.32. The molecule has 0 radical (unpaired) electrons. The SMILES string of the molecule is C#CC(=O)CCc1cccc(CCCc2cc(O)c3nc(N)sc3c2)c1. The molecule has 0 bridgehead atoms. The van der Waals surface area contributed by atoms with Gasteiger partial charge in [0.2, 0.25) is 5.78 Å². The van der Waals surface area contributed by atoms with Gasteiger partial charge in [0.15, 0.2) is 5.13 Å². The fraction of sp³-hybridized carbons (Fsp3) is 0.238. The van der Waals surface area contributed by atoms with E-state index in [0.717, 1.165) is 35.1 Å². The van der Waals surface area contributed by atoms with Crippen LogP contribution in [0.3, 0.4) is 0 Å². The van der Waals surface area contributed by atoms with Crippen LogP contribution in [0.4, 0.5) is 5.13 Å². The molecular formula is C21H20N2O2S. The summed E-state index contributed by atoms with van der Waals surface area (Å²) >= 11 is 1.39. The van der Waals surface area contributed by atoms with Crippen LogP contribution < -0.4 is 5.73 Å². The monoisotopic (exact) mass is 364 g/mol. The number of phenolic OH excluding ortho intramolecular Hbond substituents is 1. The molecule has 0 atom stereocenters. The molecule has 4 nitrogen and oxygen atoms in total. The molecule has 0 aliphatic carbocycles. The van der Waals surface area contributed by atoms with Gasteiger partial charge in [-0.2, -0.15) is 0 Å². The van der Waals surface area contributed by atoms with Gasteiger partial charge in [0.05, 0.1) is 4.70 Å². The highest BCUT2D eigenvalue weighted by atomic mass is 32.1. The number of carbonyl (C=O) groups is 1. The zero-order valence-corrected chi connectivity index (χ0v) is 15.2. The molecule has 0 amide bonds. The molecule has 1 aromatic heterocycles. The quantitative estimate of drug-likeness (QED) is 0.492. The number of fused-ring (bicyclic) bond motifs is 1. The molecule has 0 saturated heterocycles. The normalized spacial score (nSPS) is 10.7. The average molecular weight is 364 g/mol. The molecule has 0 saturated carbocycles. The number of phenols is 1. The number of nitrogens with two attached hydrogens (primary N) is 1. The number of nitrogen functional groups attached to an aromatic ring is 1. The third kappa shape index (κ3) is 4.41.